The molecule has 0 unspecified atom stereocenters. The monoisotopic (exact) mass is 388 g/mol. The number of methoxy groups -OCH3 is 2. The average molecular weight is 388 g/mol. The van der Waals surface area contributed by atoms with Gasteiger partial charge in [0, 0.05) is 16.9 Å². The molecule has 0 fully saturated rings. The van der Waals surface area contributed by atoms with E-state index in [-0.39, 0.29) is 0 Å². The van der Waals surface area contributed by atoms with Crippen molar-refractivity contribution in [1.82, 2.24) is 4.98 Å². The largest absolute Gasteiger partial charge is 0.497 e. The van der Waals surface area contributed by atoms with Gasteiger partial charge in [-0.3, -0.25) is 0 Å². The van der Waals surface area contributed by atoms with Crippen LogP contribution in [0.15, 0.2) is 72.3 Å². The van der Waals surface area contributed by atoms with Gasteiger partial charge in [0.15, 0.2) is 0 Å². The fourth-order valence-electron chi connectivity index (χ4n) is 2.78. The number of nitrogens with zero attached hydrogens (tertiary/aromatic N) is 2. The van der Waals surface area contributed by atoms with E-state index in [0.29, 0.717) is 16.3 Å². The van der Waals surface area contributed by atoms with E-state index in [1.54, 1.807) is 20.3 Å². The van der Waals surface area contributed by atoms with Gasteiger partial charge in [-0.15, -0.1) is 18.3 Å². The summed E-state index contributed by atoms with van der Waals surface area (Å²) in [4.78, 5) is 4.75. The van der Waals surface area contributed by atoms with Crippen molar-refractivity contribution >= 4 is 11.8 Å². The normalized spacial score (nSPS) is 10.2. The Balaban J connectivity index is 2.16. The Kier molecular flexibility index (Phi) is 6.36. The topological polar surface area (TPSA) is 55.1 Å². The first-order valence-corrected chi connectivity index (χ1v) is 9.66. The molecule has 2 aromatic carbocycles. The van der Waals surface area contributed by atoms with Gasteiger partial charge in [-0.1, -0.05) is 18.2 Å². The van der Waals surface area contributed by atoms with Crippen LogP contribution in [-0.4, -0.2) is 25.0 Å². The minimum absolute atomic E-state index is 0.564. The molecule has 0 spiro atoms. The minimum atomic E-state index is 0.564. The zero-order valence-electron chi connectivity index (χ0n) is 15.8. The molecule has 0 aliphatic heterocycles. The van der Waals surface area contributed by atoms with Crippen LogP contribution >= 0.6 is 11.8 Å². The van der Waals surface area contributed by atoms with Crippen molar-refractivity contribution in [2.24, 2.45) is 0 Å². The summed E-state index contributed by atoms with van der Waals surface area (Å²) in [5.74, 6) is 2.23. The van der Waals surface area contributed by atoms with Crippen molar-refractivity contribution in [2.45, 2.75) is 5.03 Å². The molecule has 0 aliphatic rings. The zero-order valence-corrected chi connectivity index (χ0v) is 16.6. The summed E-state index contributed by atoms with van der Waals surface area (Å²) in [6, 6.07) is 19.7. The number of hydrogen-bond donors (Lipinski definition) is 0. The van der Waals surface area contributed by atoms with Gasteiger partial charge in [-0.2, -0.15) is 5.26 Å². The maximum absolute atomic E-state index is 9.82. The molecule has 0 saturated heterocycles. The second-order valence-corrected chi connectivity index (χ2v) is 6.91. The van der Waals surface area contributed by atoms with E-state index in [0.717, 1.165) is 33.9 Å². The maximum Gasteiger partial charge on any atom is 0.118 e. The van der Waals surface area contributed by atoms with Gasteiger partial charge in [0.05, 0.1) is 25.5 Å². The van der Waals surface area contributed by atoms with Crippen molar-refractivity contribution < 1.29 is 9.47 Å². The predicted octanol–water partition coefficient (Wildman–Crippen LogP) is 5.58. The van der Waals surface area contributed by atoms with Crippen LogP contribution in [0.1, 0.15) is 5.56 Å². The van der Waals surface area contributed by atoms with Gasteiger partial charge in [0.1, 0.15) is 22.6 Å². The highest BCUT2D eigenvalue weighted by Gasteiger charge is 2.16. The second-order valence-electron chi connectivity index (χ2n) is 5.90. The molecule has 3 rings (SSSR count). The highest BCUT2D eigenvalue weighted by Crippen LogP contribution is 2.35. The van der Waals surface area contributed by atoms with E-state index in [2.05, 4.69) is 12.6 Å². The number of rotatable bonds is 7. The zero-order chi connectivity index (χ0) is 19.9. The average Bonchev–Trinajstić information content (AvgIpc) is 2.77. The van der Waals surface area contributed by atoms with E-state index >= 15 is 0 Å². The van der Waals surface area contributed by atoms with Crippen LogP contribution in [0.4, 0.5) is 0 Å². The molecular weight excluding hydrogens is 368 g/mol. The SMILES string of the molecule is C=CCSc1nc(-c2ccc(OC)cc2)cc(-c2ccc(OC)cc2)c1C#N. The molecule has 0 aliphatic carbocycles. The highest BCUT2D eigenvalue weighted by atomic mass is 32.2. The van der Waals surface area contributed by atoms with Crippen LogP contribution in [0.2, 0.25) is 0 Å². The lowest BCUT2D eigenvalue weighted by Gasteiger charge is -2.13. The van der Waals surface area contributed by atoms with Gasteiger partial charge >= 0.3 is 0 Å². The summed E-state index contributed by atoms with van der Waals surface area (Å²) in [6.45, 7) is 3.77. The van der Waals surface area contributed by atoms with E-state index < -0.39 is 0 Å². The highest BCUT2D eigenvalue weighted by molar-refractivity contribution is 7.99. The lowest BCUT2D eigenvalue weighted by Crippen LogP contribution is -1.96. The summed E-state index contributed by atoms with van der Waals surface area (Å²) in [5, 5.41) is 10.5. The van der Waals surface area contributed by atoms with Crippen LogP contribution < -0.4 is 9.47 Å². The fraction of sp³-hybridized carbons (Fsp3) is 0.130. The summed E-state index contributed by atoms with van der Waals surface area (Å²) < 4.78 is 10.5. The van der Waals surface area contributed by atoms with Gasteiger partial charge in [0.25, 0.3) is 0 Å². The number of hydrogen-bond acceptors (Lipinski definition) is 5. The number of aromatic nitrogens is 1. The minimum Gasteiger partial charge on any atom is -0.497 e. The van der Waals surface area contributed by atoms with E-state index in [1.165, 1.54) is 11.8 Å². The van der Waals surface area contributed by atoms with Crippen LogP contribution in [0.3, 0.4) is 0 Å². The Hall–Kier alpha value is -3.23. The van der Waals surface area contributed by atoms with Gasteiger partial charge in [0.2, 0.25) is 0 Å². The smallest absolute Gasteiger partial charge is 0.118 e. The number of benzene rings is 2. The first-order valence-electron chi connectivity index (χ1n) is 8.67. The fourth-order valence-corrected chi connectivity index (χ4v) is 3.52. The number of ether oxygens (including phenoxy) is 2. The summed E-state index contributed by atoms with van der Waals surface area (Å²) in [5.41, 5.74) is 4.11. The quantitative estimate of drug-likeness (QED) is 0.390. The summed E-state index contributed by atoms with van der Waals surface area (Å²) in [6.07, 6.45) is 1.81. The van der Waals surface area contributed by atoms with E-state index in [4.69, 9.17) is 14.5 Å². The van der Waals surface area contributed by atoms with Crippen LogP contribution in [0.5, 0.6) is 11.5 Å². The van der Waals surface area contributed by atoms with Gasteiger partial charge in [-0.05, 0) is 48.0 Å². The molecule has 0 radical (unpaired) electrons. The van der Waals surface area contributed by atoms with E-state index in [9.17, 15) is 5.26 Å². The third-order valence-corrected chi connectivity index (χ3v) is 5.19. The standard InChI is InChI=1S/C23H20N2O2S/c1-4-13-28-23-21(15-24)20(16-5-9-18(26-2)10-6-16)14-22(25-23)17-7-11-19(27-3)12-8-17/h4-12,14H,1,13H2,2-3H3. The summed E-state index contributed by atoms with van der Waals surface area (Å²) >= 11 is 1.50. The molecule has 28 heavy (non-hydrogen) atoms. The molecule has 0 saturated carbocycles. The lowest BCUT2D eigenvalue weighted by molar-refractivity contribution is 0.415. The van der Waals surface area contributed by atoms with Crippen molar-refractivity contribution in [3.63, 3.8) is 0 Å². The predicted molar refractivity (Wildman–Crippen MR) is 114 cm³/mol. The van der Waals surface area contributed by atoms with Gasteiger partial charge in [-0.25, -0.2) is 4.98 Å². The molecular formula is C23H20N2O2S. The van der Waals surface area contributed by atoms with Crippen molar-refractivity contribution in [3.8, 4) is 40.0 Å². The van der Waals surface area contributed by atoms with Crippen molar-refractivity contribution in [3.05, 3.63) is 72.8 Å². The molecule has 5 heteroatoms. The maximum atomic E-state index is 9.82. The molecule has 3 aromatic rings. The number of nitriles is 1. The lowest BCUT2D eigenvalue weighted by atomic mass is 9.99. The third kappa shape index (κ3) is 4.19. The molecule has 0 N–H and O–H groups in total. The van der Waals surface area contributed by atoms with E-state index in [1.807, 2.05) is 54.6 Å². The molecule has 0 bridgehead atoms. The Morgan fingerprint density at radius 2 is 1.57 bits per heavy atom. The molecule has 1 aromatic heterocycles. The molecule has 0 atom stereocenters. The summed E-state index contributed by atoms with van der Waals surface area (Å²) in [7, 11) is 3.27. The number of thioether (sulfide) groups is 1. The van der Waals surface area contributed by atoms with Crippen molar-refractivity contribution in [1.29, 1.82) is 5.26 Å². The molecule has 140 valence electrons. The third-order valence-electron chi connectivity index (χ3n) is 4.22. The first-order chi connectivity index (χ1) is 13.7. The Labute approximate surface area is 169 Å². The number of pyridine rings is 1. The second kappa shape index (κ2) is 9.12. The van der Waals surface area contributed by atoms with Crippen LogP contribution in [0.25, 0.3) is 22.4 Å². The first kappa shape index (κ1) is 19.5. The van der Waals surface area contributed by atoms with Crippen LogP contribution in [0, 0.1) is 11.3 Å². The molecule has 0 amide bonds. The van der Waals surface area contributed by atoms with Crippen LogP contribution in [-0.2, 0) is 0 Å². The molecule has 1 heterocycles. The Morgan fingerprint density at radius 1 is 1.00 bits per heavy atom. The van der Waals surface area contributed by atoms with Crippen molar-refractivity contribution in [2.75, 3.05) is 20.0 Å². The molecule has 4 nitrogen and oxygen atoms in total. The Morgan fingerprint density at radius 3 is 2.07 bits per heavy atom. The Bertz CT molecular complexity index is 1010. The van der Waals surface area contributed by atoms with Gasteiger partial charge < -0.3 is 9.47 Å².